The molecule has 4 aliphatic rings. The van der Waals surface area contributed by atoms with Crippen LogP contribution < -0.4 is 21.3 Å². The second-order valence-electron chi connectivity index (χ2n) is 14.1. The van der Waals surface area contributed by atoms with Crippen LogP contribution in [0.25, 0.3) is 0 Å². The fraction of sp³-hybridized carbons (Fsp3) is 0.875. The van der Waals surface area contributed by atoms with Gasteiger partial charge in [0.05, 0.1) is 26.4 Å². The molecule has 25 heteroatoms. The van der Waals surface area contributed by atoms with Crippen molar-refractivity contribution < 1.29 is 103 Å². The molecular formula is C32H54N4O21. The van der Waals surface area contributed by atoms with Crippen LogP contribution in [0.5, 0.6) is 0 Å². The maximum atomic E-state index is 12.4. The highest BCUT2D eigenvalue weighted by molar-refractivity contribution is 5.74. The van der Waals surface area contributed by atoms with Crippen molar-refractivity contribution in [3.8, 4) is 0 Å². The number of carbonyl (C=O) groups excluding carboxylic acids is 4. The average molecular weight is 831 g/mol. The molecule has 4 heterocycles. The molecular weight excluding hydrogens is 776 g/mol. The Morgan fingerprint density at radius 3 is 1.04 bits per heavy atom. The molecule has 0 aliphatic carbocycles. The van der Waals surface area contributed by atoms with E-state index < -0.39 is 173 Å². The Morgan fingerprint density at radius 2 is 0.702 bits per heavy atom. The maximum Gasteiger partial charge on any atom is 0.217 e. The molecule has 0 aromatic heterocycles. The van der Waals surface area contributed by atoms with E-state index in [0.29, 0.717) is 0 Å². The summed E-state index contributed by atoms with van der Waals surface area (Å²) in [6.45, 7) is 0.884. The SMILES string of the molecule is CC(=O)N[C@@H]1[C@@H](O)[C@H](O[C@H]2O[C@H](CO)[C@@H](O[C@@H]3O[C@H](CO)[C@@H](O[C@@H]4O[C@H](CO)[C@@H](O)[C@H](O)[C@H]4NC(C)=O)[C@H](O)[C@H]3NC(C)=O)[C@H](O)[C@H]2NC(C)=O)[C@@H](CO)O[C@H]1O. The van der Waals surface area contributed by atoms with Crippen LogP contribution in [0.3, 0.4) is 0 Å². The maximum absolute atomic E-state index is 12.4. The van der Waals surface area contributed by atoms with Gasteiger partial charge in [0.25, 0.3) is 0 Å². The van der Waals surface area contributed by atoms with Crippen LogP contribution in [0, 0.1) is 0 Å². The van der Waals surface area contributed by atoms with E-state index in [0.717, 1.165) is 27.7 Å². The van der Waals surface area contributed by atoms with Crippen molar-refractivity contribution in [3.63, 3.8) is 0 Å². The number of ether oxygens (including phenoxy) is 7. The van der Waals surface area contributed by atoms with Gasteiger partial charge in [0.1, 0.15) is 97.4 Å². The fourth-order valence-corrected chi connectivity index (χ4v) is 7.17. The van der Waals surface area contributed by atoms with E-state index in [4.69, 9.17) is 33.2 Å². The Balaban J connectivity index is 1.61. The minimum Gasteiger partial charge on any atom is -0.394 e. The Morgan fingerprint density at radius 1 is 0.421 bits per heavy atom. The summed E-state index contributed by atoms with van der Waals surface area (Å²) >= 11 is 0. The van der Waals surface area contributed by atoms with Crippen molar-refractivity contribution in [2.75, 3.05) is 26.4 Å². The fourth-order valence-electron chi connectivity index (χ4n) is 7.17. The number of aliphatic hydroxyl groups excluding tert-OH is 10. The van der Waals surface area contributed by atoms with Gasteiger partial charge in [-0.25, -0.2) is 0 Å². The summed E-state index contributed by atoms with van der Waals surface area (Å²) in [6.07, 6.45) is -26.9. The second kappa shape index (κ2) is 20.4. The quantitative estimate of drug-likeness (QED) is 0.0773. The molecule has 0 radical (unpaired) electrons. The Labute approximate surface area is 325 Å². The summed E-state index contributed by atoms with van der Waals surface area (Å²) in [5.41, 5.74) is 0. The first-order valence-corrected chi connectivity index (χ1v) is 18.1. The summed E-state index contributed by atoms with van der Waals surface area (Å²) in [5, 5.41) is 116. The van der Waals surface area contributed by atoms with Gasteiger partial charge < -0.3 is 105 Å². The molecule has 25 nitrogen and oxygen atoms in total. The van der Waals surface area contributed by atoms with Gasteiger partial charge in [0, 0.05) is 27.7 Å². The van der Waals surface area contributed by atoms with E-state index in [1.807, 2.05) is 0 Å². The van der Waals surface area contributed by atoms with Gasteiger partial charge in [-0.2, -0.15) is 0 Å². The van der Waals surface area contributed by atoms with Gasteiger partial charge in [-0.3, -0.25) is 19.2 Å². The number of nitrogens with one attached hydrogen (secondary N) is 4. The molecule has 20 atom stereocenters. The number of aliphatic hydroxyl groups is 10. The van der Waals surface area contributed by atoms with E-state index in [2.05, 4.69) is 21.3 Å². The van der Waals surface area contributed by atoms with Crippen LogP contribution in [-0.4, -0.2) is 224 Å². The third-order valence-electron chi connectivity index (χ3n) is 9.81. The second-order valence-corrected chi connectivity index (χ2v) is 14.1. The third kappa shape index (κ3) is 10.9. The highest BCUT2D eigenvalue weighted by Gasteiger charge is 2.56. The lowest BCUT2D eigenvalue weighted by atomic mass is 9.93. The van der Waals surface area contributed by atoms with Gasteiger partial charge in [-0.05, 0) is 0 Å². The standard InChI is InChI=1S/C32H54N4O21/c1-9(41)33-17-23(47)26(14(6-38)51-29(17)50)55-31-19(35-11(3)43)25(49)28(16(8-40)53-31)57-32-20(36-12(4)44)24(48)27(15(7-39)54-32)56-30-18(34-10(2)42)22(46)21(45)13(5-37)52-30/h13-32,37-40,45-50H,5-8H2,1-4H3,(H,33,41)(H,34,42)(H,35,43)(H,36,44)/t13-,14-,15-,16-,17-,18-,19-,20-,21-,22-,23-,24-,25-,26-,27-,28-,29-,30+,31-,32+/m1/s1. The van der Waals surface area contributed by atoms with Crippen molar-refractivity contribution >= 4 is 23.6 Å². The first kappa shape index (κ1) is 46.9. The van der Waals surface area contributed by atoms with Crippen LogP contribution >= 0.6 is 0 Å². The first-order chi connectivity index (χ1) is 26.9. The zero-order chi connectivity index (χ0) is 42.5. The topological polar surface area (TPSA) is 383 Å². The van der Waals surface area contributed by atoms with Gasteiger partial charge >= 0.3 is 0 Å². The van der Waals surface area contributed by atoms with Crippen LogP contribution in [0.15, 0.2) is 0 Å². The van der Waals surface area contributed by atoms with Gasteiger partial charge in [-0.15, -0.1) is 0 Å². The van der Waals surface area contributed by atoms with Gasteiger partial charge in [0.15, 0.2) is 25.2 Å². The highest BCUT2D eigenvalue weighted by atomic mass is 16.8. The number of amides is 4. The number of carbonyl (C=O) groups is 4. The number of hydrogen-bond acceptors (Lipinski definition) is 21. The average Bonchev–Trinajstić information content (AvgIpc) is 3.14. The predicted molar refractivity (Wildman–Crippen MR) is 180 cm³/mol. The summed E-state index contributed by atoms with van der Waals surface area (Å²) < 4.78 is 40.6. The summed E-state index contributed by atoms with van der Waals surface area (Å²) in [4.78, 5) is 48.5. The molecule has 4 fully saturated rings. The lowest BCUT2D eigenvalue weighted by molar-refractivity contribution is -0.362. The third-order valence-corrected chi connectivity index (χ3v) is 9.81. The molecule has 0 bridgehead atoms. The molecule has 4 saturated heterocycles. The molecule has 4 rings (SSSR count). The molecule has 4 aliphatic heterocycles. The van der Waals surface area contributed by atoms with Crippen molar-refractivity contribution in [1.82, 2.24) is 21.3 Å². The van der Waals surface area contributed by atoms with Crippen LogP contribution in [0.1, 0.15) is 27.7 Å². The summed E-state index contributed by atoms with van der Waals surface area (Å²) in [5.74, 6) is -2.84. The Hall–Kier alpha value is -2.80. The molecule has 57 heavy (non-hydrogen) atoms. The highest BCUT2D eigenvalue weighted by Crippen LogP contribution is 2.34. The lowest BCUT2D eigenvalue weighted by Gasteiger charge is -2.51. The number of hydrogen-bond donors (Lipinski definition) is 14. The Kier molecular flexibility index (Phi) is 16.8. The van der Waals surface area contributed by atoms with E-state index >= 15 is 0 Å². The first-order valence-electron chi connectivity index (χ1n) is 18.1. The normalized spacial score (nSPS) is 43.8. The van der Waals surface area contributed by atoms with Crippen molar-refractivity contribution in [1.29, 1.82) is 0 Å². The zero-order valence-corrected chi connectivity index (χ0v) is 31.3. The minimum absolute atomic E-state index is 0.664. The smallest absolute Gasteiger partial charge is 0.217 e. The van der Waals surface area contributed by atoms with E-state index in [9.17, 15) is 70.2 Å². The largest absolute Gasteiger partial charge is 0.394 e. The summed E-state index contributed by atoms with van der Waals surface area (Å²) in [7, 11) is 0. The predicted octanol–water partition coefficient (Wildman–Crippen LogP) is -9.17. The molecule has 0 unspecified atom stereocenters. The van der Waals surface area contributed by atoms with E-state index in [-0.39, 0.29) is 0 Å². The molecule has 0 spiro atoms. The van der Waals surface area contributed by atoms with Gasteiger partial charge in [-0.1, -0.05) is 0 Å². The molecule has 328 valence electrons. The molecule has 0 aromatic carbocycles. The van der Waals surface area contributed by atoms with Crippen molar-refractivity contribution in [2.45, 2.75) is 150 Å². The minimum atomic E-state index is -1.89. The molecule has 4 amide bonds. The summed E-state index contributed by atoms with van der Waals surface area (Å²) in [6, 6.07) is -6.15. The Bertz CT molecular complexity index is 1370. The van der Waals surface area contributed by atoms with E-state index in [1.54, 1.807) is 0 Å². The van der Waals surface area contributed by atoms with Crippen LogP contribution in [-0.2, 0) is 52.3 Å². The van der Waals surface area contributed by atoms with Crippen LogP contribution in [0.2, 0.25) is 0 Å². The van der Waals surface area contributed by atoms with Crippen molar-refractivity contribution in [3.05, 3.63) is 0 Å². The lowest BCUT2D eigenvalue weighted by Crippen LogP contribution is -2.71. The van der Waals surface area contributed by atoms with Crippen molar-refractivity contribution in [2.24, 2.45) is 0 Å². The molecule has 0 saturated carbocycles. The van der Waals surface area contributed by atoms with E-state index in [1.165, 1.54) is 0 Å². The van der Waals surface area contributed by atoms with Gasteiger partial charge in [0.2, 0.25) is 23.6 Å². The number of rotatable bonds is 14. The molecule has 14 N–H and O–H groups in total. The molecule has 0 aromatic rings. The zero-order valence-electron chi connectivity index (χ0n) is 31.3. The monoisotopic (exact) mass is 830 g/mol. The van der Waals surface area contributed by atoms with Crippen LogP contribution in [0.4, 0.5) is 0 Å².